The summed E-state index contributed by atoms with van der Waals surface area (Å²) in [6.07, 6.45) is 0. The van der Waals surface area contributed by atoms with Crippen LogP contribution < -0.4 is 10.2 Å². The zero-order chi connectivity index (χ0) is 17.8. The Balaban J connectivity index is 1.96. The van der Waals surface area contributed by atoms with Crippen LogP contribution in [0.15, 0.2) is 54.6 Å². The van der Waals surface area contributed by atoms with Crippen LogP contribution in [-0.2, 0) is 0 Å². The first-order valence-corrected chi connectivity index (χ1v) is 8.59. The quantitative estimate of drug-likeness (QED) is 0.688. The van der Waals surface area contributed by atoms with Gasteiger partial charge in [0.1, 0.15) is 5.82 Å². The minimum absolute atomic E-state index is 0.712. The van der Waals surface area contributed by atoms with Crippen molar-refractivity contribution in [2.45, 2.75) is 27.7 Å². The van der Waals surface area contributed by atoms with Crippen LogP contribution in [0.4, 0.5) is 23.1 Å². The number of hydrogen-bond acceptors (Lipinski definition) is 4. The topological polar surface area (TPSA) is 41.1 Å². The van der Waals surface area contributed by atoms with Crippen molar-refractivity contribution in [3.63, 3.8) is 0 Å². The summed E-state index contributed by atoms with van der Waals surface area (Å²) in [5.41, 5.74) is 5.51. The molecule has 0 fully saturated rings. The van der Waals surface area contributed by atoms with Crippen molar-refractivity contribution in [3.8, 4) is 0 Å². The lowest BCUT2D eigenvalue weighted by Crippen LogP contribution is -2.19. The lowest BCUT2D eigenvalue weighted by atomic mass is 10.2. The molecule has 3 rings (SSSR count). The number of para-hydroxylation sites is 1. The minimum atomic E-state index is 0.712. The molecule has 0 amide bonds. The van der Waals surface area contributed by atoms with E-state index in [4.69, 9.17) is 4.98 Å². The molecule has 4 heteroatoms. The van der Waals surface area contributed by atoms with Crippen molar-refractivity contribution in [3.05, 3.63) is 71.4 Å². The third-order valence-electron chi connectivity index (χ3n) is 4.12. The van der Waals surface area contributed by atoms with E-state index in [0.717, 1.165) is 29.4 Å². The molecule has 0 atom stereocenters. The van der Waals surface area contributed by atoms with Crippen LogP contribution in [0.5, 0.6) is 0 Å². The number of rotatable bonds is 5. The SMILES string of the molecule is CCN(c1cccc(C)c1)c1nc(C)cc(Nc2ccccc2C)n1. The van der Waals surface area contributed by atoms with Gasteiger partial charge in [0.15, 0.2) is 0 Å². The Morgan fingerprint density at radius 1 is 0.920 bits per heavy atom. The van der Waals surface area contributed by atoms with Gasteiger partial charge in [-0.25, -0.2) is 4.98 Å². The number of nitrogens with zero attached hydrogens (tertiary/aromatic N) is 3. The van der Waals surface area contributed by atoms with Crippen LogP contribution in [0.3, 0.4) is 0 Å². The van der Waals surface area contributed by atoms with Crippen LogP contribution >= 0.6 is 0 Å². The molecule has 0 saturated carbocycles. The maximum atomic E-state index is 4.75. The molecule has 4 nitrogen and oxygen atoms in total. The van der Waals surface area contributed by atoms with Gasteiger partial charge >= 0.3 is 0 Å². The monoisotopic (exact) mass is 332 g/mol. The molecule has 0 bridgehead atoms. The van der Waals surface area contributed by atoms with Crippen molar-refractivity contribution in [2.75, 3.05) is 16.8 Å². The standard InChI is InChI=1S/C21H24N4/c1-5-25(18-11-8-9-15(2)13-18)21-22-17(4)14-20(24-21)23-19-12-7-6-10-16(19)3/h6-14H,5H2,1-4H3,(H,22,23,24). The minimum Gasteiger partial charge on any atom is -0.340 e. The predicted molar refractivity (Wildman–Crippen MR) is 105 cm³/mol. The van der Waals surface area contributed by atoms with E-state index in [1.54, 1.807) is 0 Å². The lowest BCUT2D eigenvalue weighted by molar-refractivity contribution is 0.935. The zero-order valence-corrected chi connectivity index (χ0v) is 15.2. The summed E-state index contributed by atoms with van der Waals surface area (Å²) in [6.45, 7) is 9.10. The predicted octanol–water partition coefficient (Wildman–Crippen LogP) is 5.30. The van der Waals surface area contributed by atoms with E-state index in [0.29, 0.717) is 5.95 Å². The fraction of sp³-hybridized carbons (Fsp3) is 0.238. The average molecular weight is 332 g/mol. The molecular formula is C21H24N4. The Morgan fingerprint density at radius 2 is 1.72 bits per heavy atom. The van der Waals surface area contributed by atoms with Crippen molar-refractivity contribution >= 4 is 23.1 Å². The highest BCUT2D eigenvalue weighted by Gasteiger charge is 2.13. The fourth-order valence-electron chi connectivity index (χ4n) is 2.82. The van der Waals surface area contributed by atoms with Gasteiger partial charge in [0.2, 0.25) is 5.95 Å². The molecule has 25 heavy (non-hydrogen) atoms. The van der Waals surface area contributed by atoms with Crippen LogP contribution in [0.2, 0.25) is 0 Å². The van der Waals surface area contributed by atoms with Crippen LogP contribution in [0.25, 0.3) is 0 Å². The van der Waals surface area contributed by atoms with E-state index < -0.39 is 0 Å². The number of benzene rings is 2. The second kappa shape index (κ2) is 7.34. The van der Waals surface area contributed by atoms with E-state index in [1.165, 1.54) is 11.1 Å². The first-order valence-electron chi connectivity index (χ1n) is 8.59. The summed E-state index contributed by atoms with van der Waals surface area (Å²) < 4.78 is 0. The normalized spacial score (nSPS) is 10.6. The Kier molecular flexibility index (Phi) is 4.98. The average Bonchev–Trinajstić information content (AvgIpc) is 2.57. The first-order chi connectivity index (χ1) is 12.1. The Labute approximate surface area is 149 Å². The number of aromatic nitrogens is 2. The first kappa shape index (κ1) is 17.0. The second-order valence-electron chi connectivity index (χ2n) is 6.22. The van der Waals surface area contributed by atoms with E-state index >= 15 is 0 Å². The highest BCUT2D eigenvalue weighted by atomic mass is 15.3. The van der Waals surface area contributed by atoms with E-state index in [1.807, 2.05) is 25.1 Å². The van der Waals surface area contributed by atoms with Gasteiger partial charge < -0.3 is 10.2 Å². The molecule has 0 aliphatic heterocycles. The smallest absolute Gasteiger partial charge is 0.232 e. The third-order valence-corrected chi connectivity index (χ3v) is 4.12. The van der Waals surface area contributed by atoms with Gasteiger partial charge in [0, 0.05) is 29.7 Å². The molecule has 0 saturated heterocycles. The molecule has 1 N–H and O–H groups in total. The molecular weight excluding hydrogens is 308 g/mol. The van der Waals surface area contributed by atoms with Gasteiger partial charge in [-0.1, -0.05) is 30.3 Å². The summed E-state index contributed by atoms with van der Waals surface area (Å²) in [6, 6.07) is 18.6. The maximum absolute atomic E-state index is 4.75. The van der Waals surface area contributed by atoms with Gasteiger partial charge in [-0.15, -0.1) is 0 Å². The van der Waals surface area contributed by atoms with E-state index in [9.17, 15) is 0 Å². The highest BCUT2D eigenvalue weighted by molar-refractivity contribution is 5.64. The van der Waals surface area contributed by atoms with Gasteiger partial charge in [0.25, 0.3) is 0 Å². The van der Waals surface area contributed by atoms with Gasteiger partial charge in [-0.2, -0.15) is 4.98 Å². The van der Waals surface area contributed by atoms with Gasteiger partial charge in [-0.3, -0.25) is 0 Å². The molecule has 0 radical (unpaired) electrons. The summed E-state index contributed by atoms with van der Waals surface area (Å²) in [5, 5.41) is 3.42. The molecule has 1 heterocycles. The van der Waals surface area contributed by atoms with Gasteiger partial charge in [-0.05, 0) is 57.0 Å². The van der Waals surface area contributed by atoms with E-state index in [2.05, 4.69) is 72.4 Å². The third kappa shape index (κ3) is 3.97. The Bertz CT molecular complexity index is 873. The van der Waals surface area contributed by atoms with Crippen molar-refractivity contribution in [1.29, 1.82) is 0 Å². The number of hydrogen-bond donors (Lipinski definition) is 1. The van der Waals surface area contributed by atoms with E-state index in [-0.39, 0.29) is 0 Å². The zero-order valence-electron chi connectivity index (χ0n) is 15.2. The molecule has 0 aliphatic rings. The summed E-state index contributed by atoms with van der Waals surface area (Å²) >= 11 is 0. The molecule has 3 aromatic rings. The summed E-state index contributed by atoms with van der Waals surface area (Å²) in [5.74, 6) is 1.52. The Morgan fingerprint density at radius 3 is 2.44 bits per heavy atom. The molecule has 0 spiro atoms. The molecule has 2 aromatic carbocycles. The number of nitrogens with one attached hydrogen (secondary N) is 1. The number of aryl methyl sites for hydroxylation is 3. The second-order valence-corrected chi connectivity index (χ2v) is 6.22. The Hall–Kier alpha value is -2.88. The van der Waals surface area contributed by atoms with Crippen LogP contribution in [-0.4, -0.2) is 16.5 Å². The number of anilines is 4. The van der Waals surface area contributed by atoms with Crippen molar-refractivity contribution in [2.24, 2.45) is 0 Å². The fourth-order valence-corrected chi connectivity index (χ4v) is 2.82. The molecule has 0 unspecified atom stereocenters. The maximum Gasteiger partial charge on any atom is 0.232 e. The van der Waals surface area contributed by atoms with Crippen LogP contribution in [0, 0.1) is 20.8 Å². The summed E-state index contributed by atoms with van der Waals surface area (Å²) in [4.78, 5) is 11.5. The molecule has 1 aromatic heterocycles. The van der Waals surface area contributed by atoms with Crippen molar-refractivity contribution < 1.29 is 0 Å². The largest absolute Gasteiger partial charge is 0.340 e. The summed E-state index contributed by atoms with van der Waals surface area (Å²) in [7, 11) is 0. The molecule has 128 valence electrons. The van der Waals surface area contributed by atoms with Crippen LogP contribution in [0.1, 0.15) is 23.7 Å². The molecule has 0 aliphatic carbocycles. The highest BCUT2D eigenvalue weighted by Crippen LogP contribution is 2.26. The lowest BCUT2D eigenvalue weighted by Gasteiger charge is -2.22. The van der Waals surface area contributed by atoms with Crippen molar-refractivity contribution in [1.82, 2.24) is 9.97 Å². The van der Waals surface area contributed by atoms with Gasteiger partial charge in [0.05, 0.1) is 0 Å².